The fourth-order valence-electron chi connectivity index (χ4n) is 8.04. The van der Waals surface area contributed by atoms with E-state index < -0.39 is 0 Å². The lowest BCUT2D eigenvalue weighted by Gasteiger charge is -2.12. The van der Waals surface area contributed by atoms with Crippen molar-refractivity contribution in [2.75, 3.05) is 38.0 Å². The van der Waals surface area contributed by atoms with E-state index in [0.717, 1.165) is 11.6 Å². The molecule has 6 aromatic heterocycles. The van der Waals surface area contributed by atoms with Crippen molar-refractivity contribution >= 4 is 57.5 Å². The zero-order valence-electron chi connectivity index (χ0n) is 37.3. The summed E-state index contributed by atoms with van der Waals surface area (Å²) in [5.74, 6) is 2.00. The summed E-state index contributed by atoms with van der Waals surface area (Å²) in [5, 5.41) is 2.48. The molecule has 0 fully saturated rings. The standard InChI is InChI=1S/2C26H29N4/c2*1-18-8-7-15-27-26(18)30-19(2)16-21(20(30)3)9-11-23-12-10-22-17-24(28(4)5)13-14-25(22)29(23)6/h2*7-17H,1-6H3/q2*+1. The van der Waals surface area contributed by atoms with E-state index in [9.17, 15) is 0 Å². The summed E-state index contributed by atoms with van der Waals surface area (Å²) in [6, 6.07) is 34.6. The molecule has 0 unspecified atom stereocenters. The number of aryl methyl sites for hydroxylation is 6. The van der Waals surface area contributed by atoms with Crippen molar-refractivity contribution in [3.63, 3.8) is 0 Å². The second-order valence-corrected chi connectivity index (χ2v) is 16.2. The SMILES string of the molecule is Cc1cccnc1-n1c(C)cc(/C=C/c2ccc3cc(N(C)C)ccc3[n+]2C)c1C.Cc1cccnc1-n1c(C)cc(/C=C\c2ccc3cc(N(C)C)ccc3[n+]2C)c1C. The normalized spacial score (nSPS) is 11.5. The molecule has 0 aliphatic rings. The maximum atomic E-state index is 4.60. The highest BCUT2D eigenvalue weighted by atomic mass is 15.1. The predicted molar refractivity (Wildman–Crippen MR) is 252 cm³/mol. The molecule has 6 heterocycles. The van der Waals surface area contributed by atoms with Gasteiger partial charge in [0.25, 0.3) is 0 Å². The van der Waals surface area contributed by atoms with E-state index in [-0.39, 0.29) is 0 Å². The molecule has 0 aliphatic carbocycles. The molecule has 8 nitrogen and oxygen atoms in total. The molecular formula is C52H58N8+2. The first-order valence-corrected chi connectivity index (χ1v) is 20.5. The number of nitrogens with zero attached hydrogens (tertiary/aromatic N) is 8. The van der Waals surface area contributed by atoms with Crippen LogP contribution in [0, 0.1) is 41.5 Å². The Morgan fingerprint density at radius 1 is 0.483 bits per heavy atom. The van der Waals surface area contributed by atoms with Gasteiger partial charge in [0.2, 0.25) is 22.4 Å². The highest BCUT2D eigenvalue weighted by Crippen LogP contribution is 2.26. The number of anilines is 2. The topological polar surface area (TPSA) is 49.9 Å². The molecule has 8 rings (SSSR count). The van der Waals surface area contributed by atoms with Gasteiger partial charge in [-0.25, -0.2) is 9.97 Å². The second kappa shape index (κ2) is 17.2. The van der Waals surface area contributed by atoms with Crippen LogP contribution in [0.2, 0.25) is 0 Å². The monoisotopic (exact) mass is 794 g/mol. The minimum atomic E-state index is 1.00. The van der Waals surface area contributed by atoms with Gasteiger partial charge in [0, 0.05) is 122 Å². The van der Waals surface area contributed by atoms with Crippen LogP contribution in [-0.4, -0.2) is 47.3 Å². The highest BCUT2D eigenvalue weighted by Gasteiger charge is 2.16. The largest absolute Gasteiger partial charge is 0.378 e. The van der Waals surface area contributed by atoms with E-state index in [4.69, 9.17) is 0 Å². The van der Waals surface area contributed by atoms with Crippen LogP contribution in [0.3, 0.4) is 0 Å². The van der Waals surface area contributed by atoms with Gasteiger partial charge in [-0.3, -0.25) is 0 Å². The van der Waals surface area contributed by atoms with Crippen LogP contribution in [0.4, 0.5) is 11.4 Å². The van der Waals surface area contributed by atoms with E-state index >= 15 is 0 Å². The Balaban J connectivity index is 0.000000181. The fourth-order valence-corrected chi connectivity index (χ4v) is 8.04. The molecule has 0 bridgehead atoms. The van der Waals surface area contributed by atoms with Crippen LogP contribution in [0.25, 0.3) is 57.7 Å². The molecule has 0 spiro atoms. The molecule has 0 saturated heterocycles. The summed E-state index contributed by atoms with van der Waals surface area (Å²) in [6.07, 6.45) is 12.5. The smallest absolute Gasteiger partial charge is 0.212 e. The Hall–Kier alpha value is -6.80. The van der Waals surface area contributed by atoms with E-state index in [2.05, 4.69) is 231 Å². The zero-order valence-corrected chi connectivity index (χ0v) is 37.3. The quantitative estimate of drug-likeness (QED) is 0.144. The van der Waals surface area contributed by atoms with Gasteiger partial charge >= 0.3 is 0 Å². The molecule has 60 heavy (non-hydrogen) atoms. The first kappa shape index (κ1) is 41.4. The molecular weight excluding hydrogens is 737 g/mol. The first-order chi connectivity index (χ1) is 28.7. The lowest BCUT2D eigenvalue weighted by molar-refractivity contribution is -0.646. The van der Waals surface area contributed by atoms with Crippen LogP contribution in [0.15, 0.2) is 109 Å². The van der Waals surface area contributed by atoms with Crippen LogP contribution in [-0.2, 0) is 14.1 Å². The third-order valence-corrected chi connectivity index (χ3v) is 11.6. The minimum Gasteiger partial charge on any atom is -0.378 e. The summed E-state index contributed by atoms with van der Waals surface area (Å²) < 4.78 is 8.96. The van der Waals surface area contributed by atoms with Crippen molar-refractivity contribution in [1.82, 2.24) is 19.1 Å². The van der Waals surface area contributed by atoms with Crippen LogP contribution >= 0.6 is 0 Å². The molecule has 8 heteroatoms. The molecule has 304 valence electrons. The van der Waals surface area contributed by atoms with Crippen molar-refractivity contribution in [2.45, 2.75) is 41.5 Å². The van der Waals surface area contributed by atoms with Gasteiger partial charge in [0.1, 0.15) is 25.7 Å². The Bertz CT molecular complexity index is 2720. The summed E-state index contributed by atoms with van der Waals surface area (Å²) in [5.41, 5.74) is 16.7. The number of fused-ring (bicyclic) bond motifs is 2. The van der Waals surface area contributed by atoms with Crippen molar-refractivity contribution in [1.29, 1.82) is 0 Å². The summed E-state index contributed by atoms with van der Waals surface area (Å²) >= 11 is 0. The number of rotatable bonds is 8. The van der Waals surface area contributed by atoms with Crippen molar-refractivity contribution in [3.05, 3.63) is 166 Å². The summed E-state index contributed by atoms with van der Waals surface area (Å²) in [7, 11) is 12.5. The Morgan fingerprint density at radius 2 is 0.883 bits per heavy atom. The van der Waals surface area contributed by atoms with Gasteiger partial charge in [-0.05, 0) is 137 Å². The molecule has 0 atom stereocenters. The van der Waals surface area contributed by atoms with Gasteiger partial charge in [-0.2, -0.15) is 9.13 Å². The van der Waals surface area contributed by atoms with Crippen molar-refractivity contribution < 1.29 is 9.13 Å². The summed E-state index contributed by atoms with van der Waals surface area (Å²) in [6.45, 7) is 12.8. The average molecular weight is 795 g/mol. The maximum absolute atomic E-state index is 4.60. The number of hydrogen-bond acceptors (Lipinski definition) is 4. The van der Waals surface area contributed by atoms with Crippen molar-refractivity contribution in [2.24, 2.45) is 14.1 Å². The highest BCUT2D eigenvalue weighted by molar-refractivity contribution is 5.82. The fraction of sp³-hybridized carbons (Fsp3) is 0.231. The van der Waals surface area contributed by atoms with Gasteiger partial charge in [0.15, 0.2) is 0 Å². The molecule has 0 N–H and O–H groups in total. The minimum absolute atomic E-state index is 1.00. The van der Waals surface area contributed by atoms with E-state index in [1.54, 1.807) is 0 Å². The van der Waals surface area contributed by atoms with Gasteiger partial charge in [0.05, 0.1) is 0 Å². The maximum Gasteiger partial charge on any atom is 0.212 e. The second-order valence-electron chi connectivity index (χ2n) is 16.2. The number of aromatic nitrogens is 6. The van der Waals surface area contributed by atoms with Gasteiger partial charge < -0.3 is 18.9 Å². The molecule has 2 aromatic carbocycles. The van der Waals surface area contributed by atoms with Gasteiger partial charge in [-0.1, -0.05) is 12.1 Å². The first-order valence-electron chi connectivity index (χ1n) is 20.5. The Kier molecular flexibility index (Phi) is 11.9. The third-order valence-electron chi connectivity index (χ3n) is 11.6. The molecule has 8 aromatic rings. The molecule has 0 aliphatic heterocycles. The molecule has 0 radical (unpaired) electrons. The van der Waals surface area contributed by atoms with Crippen LogP contribution in [0.5, 0.6) is 0 Å². The van der Waals surface area contributed by atoms with E-state index in [1.807, 2.05) is 24.5 Å². The number of benzene rings is 2. The predicted octanol–water partition coefficient (Wildman–Crippen LogP) is 10.0. The Labute approximate surface area is 355 Å². The van der Waals surface area contributed by atoms with E-state index in [1.165, 1.54) is 89.6 Å². The third kappa shape index (κ3) is 8.23. The Morgan fingerprint density at radius 3 is 1.25 bits per heavy atom. The van der Waals surface area contributed by atoms with Crippen LogP contribution < -0.4 is 18.9 Å². The number of pyridine rings is 4. The van der Waals surface area contributed by atoms with E-state index in [0.29, 0.717) is 0 Å². The molecule has 0 amide bonds. The molecule has 0 saturated carbocycles. The zero-order chi connectivity index (χ0) is 42.8. The summed E-state index contributed by atoms with van der Waals surface area (Å²) in [4.78, 5) is 13.5. The van der Waals surface area contributed by atoms with Gasteiger partial charge in [-0.15, -0.1) is 0 Å². The lowest BCUT2D eigenvalue weighted by Crippen LogP contribution is -2.32. The van der Waals surface area contributed by atoms with Crippen molar-refractivity contribution in [3.8, 4) is 11.6 Å². The average Bonchev–Trinajstić information content (AvgIpc) is 3.68. The number of hydrogen-bond donors (Lipinski definition) is 0. The van der Waals surface area contributed by atoms with Crippen LogP contribution in [0.1, 0.15) is 56.4 Å². The lowest BCUT2D eigenvalue weighted by atomic mass is 10.1.